The number of rotatable bonds is 5. The molecule has 1 aromatic carbocycles. The molecule has 1 aliphatic heterocycles. The summed E-state index contributed by atoms with van der Waals surface area (Å²) in [5, 5.41) is 0.372. The smallest absolute Gasteiger partial charge is 0.240 e. The molecule has 1 aromatic rings. The van der Waals surface area contributed by atoms with Crippen LogP contribution in [0.1, 0.15) is 25.3 Å². The van der Waals surface area contributed by atoms with Crippen LogP contribution in [0.2, 0.25) is 5.02 Å². The molecule has 21 heavy (non-hydrogen) atoms. The number of aryl methyl sites for hydroxylation is 1. The molecule has 3 N–H and O–H groups in total. The van der Waals surface area contributed by atoms with Crippen molar-refractivity contribution in [1.82, 2.24) is 9.62 Å². The first-order valence-corrected chi connectivity index (χ1v) is 8.96. The molecule has 0 saturated carbocycles. The Balaban J connectivity index is 2.09. The summed E-state index contributed by atoms with van der Waals surface area (Å²) in [5.74, 6) is 0. The van der Waals surface area contributed by atoms with Gasteiger partial charge in [0.1, 0.15) is 0 Å². The average molecular weight is 332 g/mol. The van der Waals surface area contributed by atoms with Gasteiger partial charge in [0, 0.05) is 12.6 Å². The zero-order chi connectivity index (χ0) is 15.6. The zero-order valence-corrected chi connectivity index (χ0v) is 14.0. The molecule has 0 amide bonds. The number of nitrogens with two attached hydrogens (primary N) is 1. The number of hydrogen-bond acceptors (Lipinski definition) is 4. The molecule has 2 rings (SSSR count). The second kappa shape index (κ2) is 6.52. The van der Waals surface area contributed by atoms with Crippen molar-refractivity contribution in [3.8, 4) is 0 Å². The van der Waals surface area contributed by atoms with Crippen LogP contribution in [-0.2, 0) is 10.0 Å². The van der Waals surface area contributed by atoms with Crippen LogP contribution in [0, 0.1) is 6.92 Å². The van der Waals surface area contributed by atoms with Crippen LogP contribution in [0.25, 0.3) is 0 Å². The number of benzene rings is 1. The maximum Gasteiger partial charge on any atom is 0.240 e. The van der Waals surface area contributed by atoms with E-state index in [0.29, 0.717) is 17.1 Å². The lowest BCUT2D eigenvalue weighted by Gasteiger charge is -2.24. The summed E-state index contributed by atoms with van der Waals surface area (Å²) in [4.78, 5) is 2.49. The van der Waals surface area contributed by atoms with E-state index in [-0.39, 0.29) is 16.6 Å². The number of nitrogens with one attached hydrogen (secondary N) is 1. The third-order valence-corrected chi connectivity index (χ3v) is 5.81. The molecular formula is C14H22ClN3O2S. The second-order valence-corrected chi connectivity index (χ2v) is 7.73. The first-order valence-electron chi connectivity index (χ1n) is 7.10. The molecule has 1 heterocycles. The fraction of sp³-hybridized carbons (Fsp3) is 0.571. The second-order valence-electron chi connectivity index (χ2n) is 5.58. The normalized spacial score (nSPS) is 18.0. The van der Waals surface area contributed by atoms with Crippen molar-refractivity contribution in [2.24, 2.45) is 0 Å². The van der Waals surface area contributed by atoms with Gasteiger partial charge in [-0.05, 0) is 57.5 Å². The fourth-order valence-corrected chi connectivity index (χ4v) is 4.18. The van der Waals surface area contributed by atoms with Crippen molar-refractivity contribution in [2.45, 2.75) is 37.6 Å². The summed E-state index contributed by atoms with van der Waals surface area (Å²) in [7, 11) is -3.57. The highest BCUT2D eigenvalue weighted by Crippen LogP contribution is 2.26. The largest absolute Gasteiger partial charge is 0.397 e. The molecule has 7 heteroatoms. The maximum atomic E-state index is 12.4. The van der Waals surface area contributed by atoms with Crippen LogP contribution in [0.3, 0.4) is 0 Å². The summed E-state index contributed by atoms with van der Waals surface area (Å²) < 4.78 is 27.5. The first kappa shape index (κ1) is 16.5. The number of hydrogen-bond donors (Lipinski definition) is 2. The Morgan fingerprint density at radius 1 is 1.38 bits per heavy atom. The number of nitrogen functional groups attached to an aromatic ring is 1. The SMILES string of the molecule is Cc1cc(Cl)c(N)cc1S(=O)(=O)NCC(C)N1CCCC1. The minimum absolute atomic E-state index is 0.187. The Hall–Kier alpha value is -0.820. The van der Waals surface area contributed by atoms with E-state index < -0.39 is 10.0 Å². The van der Waals surface area contributed by atoms with E-state index in [1.54, 1.807) is 13.0 Å². The van der Waals surface area contributed by atoms with Gasteiger partial charge < -0.3 is 5.73 Å². The van der Waals surface area contributed by atoms with E-state index in [0.717, 1.165) is 13.1 Å². The van der Waals surface area contributed by atoms with Crippen LogP contribution < -0.4 is 10.5 Å². The van der Waals surface area contributed by atoms with Gasteiger partial charge in [0.05, 0.1) is 15.6 Å². The molecule has 0 aromatic heterocycles. The lowest BCUT2D eigenvalue weighted by molar-refractivity contribution is 0.260. The van der Waals surface area contributed by atoms with E-state index in [9.17, 15) is 8.42 Å². The van der Waals surface area contributed by atoms with Crippen molar-refractivity contribution in [3.63, 3.8) is 0 Å². The predicted octanol–water partition coefficient (Wildman–Crippen LogP) is 1.99. The topological polar surface area (TPSA) is 75.4 Å². The molecule has 5 nitrogen and oxygen atoms in total. The molecular weight excluding hydrogens is 310 g/mol. The maximum absolute atomic E-state index is 12.4. The Morgan fingerprint density at radius 3 is 2.62 bits per heavy atom. The number of likely N-dealkylation sites (tertiary alicyclic amines) is 1. The predicted molar refractivity (Wildman–Crippen MR) is 86.1 cm³/mol. The molecule has 1 aliphatic rings. The van der Waals surface area contributed by atoms with E-state index >= 15 is 0 Å². The van der Waals surface area contributed by atoms with Gasteiger partial charge in [-0.1, -0.05) is 11.6 Å². The molecule has 0 aliphatic carbocycles. The molecule has 1 unspecified atom stereocenters. The summed E-state index contributed by atoms with van der Waals surface area (Å²) >= 11 is 5.90. The quantitative estimate of drug-likeness (QED) is 0.809. The summed E-state index contributed by atoms with van der Waals surface area (Å²) in [6, 6.07) is 3.18. The van der Waals surface area contributed by atoms with Crippen LogP contribution in [0.15, 0.2) is 17.0 Å². The van der Waals surface area contributed by atoms with Crippen LogP contribution in [0.5, 0.6) is 0 Å². The summed E-state index contributed by atoms with van der Waals surface area (Å²) in [6.07, 6.45) is 2.37. The monoisotopic (exact) mass is 331 g/mol. The third-order valence-electron chi connectivity index (χ3n) is 3.92. The van der Waals surface area contributed by atoms with Crippen molar-refractivity contribution < 1.29 is 8.42 Å². The van der Waals surface area contributed by atoms with Gasteiger partial charge in [-0.2, -0.15) is 0 Å². The van der Waals surface area contributed by atoms with Crippen molar-refractivity contribution >= 4 is 27.3 Å². The zero-order valence-electron chi connectivity index (χ0n) is 12.4. The minimum Gasteiger partial charge on any atom is -0.397 e. The molecule has 0 bridgehead atoms. The highest BCUT2D eigenvalue weighted by molar-refractivity contribution is 7.89. The van der Waals surface area contributed by atoms with Crippen molar-refractivity contribution in [3.05, 3.63) is 22.7 Å². The van der Waals surface area contributed by atoms with Gasteiger partial charge in [-0.25, -0.2) is 13.1 Å². The molecule has 118 valence electrons. The van der Waals surface area contributed by atoms with Gasteiger partial charge in [-0.3, -0.25) is 4.90 Å². The lowest BCUT2D eigenvalue weighted by Crippen LogP contribution is -2.40. The standard InChI is InChI=1S/C14H22ClN3O2S/c1-10-7-12(15)13(16)8-14(10)21(19,20)17-9-11(2)18-5-3-4-6-18/h7-8,11,17H,3-6,9,16H2,1-2H3. The van der Waals surface area contributed by atoms with E-state index in [2.05, 4.69) is 9.62 Å². The van der Waals surface area contributed by atoms with Gasteiger partial charge in [0.2, 0.25) is 10.0 Å². The molecule has 1 saturated heterocycles. The molecule has 1 fully saturated rings. The third kappa shape index (κ3) is 3.88. The lowest BCUT2D eigenvalue weighted by atomic mass is 10.2. The number of nitrogens with zero attached hydrogens (tertiary/aromatic N) is 1. The highest BCUT2D eigenvalue weighted by Gasteiger charge is 2.22. The minimum atomic E-state index is -3.57. The van der Waals surface area contributed by atoms with Crippen molar-refractivity contribution in [1.29, 1.82) is 0 Å². The number of anilines is 1. The van der Waals surface area contributed by atoms with Gasteiger partial charge in [0.25, 0.3) is 0 Å². The Bertz CT molecular complexity index is 613. The molecule has 1 atom stereocenters. The number of sulfonamides is 1. The van der Waals surface area contributed by atoms with Crippen LogP contribution in [-0.4, -0.2) is 39.0 Å². The molecule has 0 radical (unpaired) electrons. The Kier molecular flexibility index (Phi) is 5.14. The summed E-state index contributed by atoms with van der Waals surface area (Å²) in [6.45, 7) is 6.22. The van der Waals surface area contributed by atoms with E-state index in [4.69, 9.17) is 17.3 Å². The van der Waals surface area contributed by atoms with Crippen LogP contribution >= 0.6 is 11.6 Å². The van der Waals surface area contributed by atoms with Crippen molar-refractivity contribution in [2.75, 3.05) is 25.4 Å². The molecule has 0 spiro atoms. The number of halogens is 1. The summed E-state index contributed by atoms with van der Waals surface area (Å²) in [5.41, 5.74) is 6.58. The Labute approximate surface area is 131 Å². The highest BCUT2D eigenvalue weighted by atomic mass is 35.5. The van der Waals surface area contributed by atoms with Gasteiger partial charge >= 0.3 is 0 Å². The van der Waals surface area contributed by atoms with Gasteiger partial charge in [-0.15, -0.1) is 0 Å². The first-order chi connectivity index (χ1) is 9.81. The van der Waals surface area contributed by atoms with Crippen LogP contribution in [0.4, 0.5) is 5.69 Å². The van der Waals surface area contributed by atoms with E-state index in [1.807, 2.05) is 6.92 Å². The average Bonchev–Trinajstić information content (AvgIpc) is 2.94. The Morgan fingerprint density at radius 2 is 2.00 bits per heavy atom. The van der Waals surface area contributed by atoms with E-state index in [1.165, 1.54) is 18.9 Å². The van der Waals surface area contributed by atoms with Gasteiger partial charge in [0.15, 0.2) is 0 Å². The fourth-order valence-electron chi connectivity index (χ4n) is 2.58.